The van der Waals surface area contributed by atoms with Gasteiger partial charge in [-0.3, -0.25) is 0 Å². The zero-order valence-electron chi connectivity index (χ0n) is 40.8. The van der Waals surface area contributed by atoms with Crippen molar-refractivity contribution in [3.8, 4) is 0 Å². The van der Waals surface area contributed by atoms with Crippen LogP contribution in [0.25, 0.3) is 0 Å². The normalized spacial score (nSPS) is 10.7. The first-order valence-electron chi connectivity index (χ1n) is 23.1. The first kappa shape index (κ1) is 52.6. The van der Waals surface area contributed by atoms with Gasteiger partial charge in [-0.1, -0.05) is 218 Å². The maximum atomic E-state index is 4.53. The summed E-state index contributed by atoms with van der Waals surface area (Å²) in [7, 11) is 3.00. The summed E-state index contributed by atoms with van der Waals surface area (Å²) in [6.07, 6.45) is 0. The van der Waals surface area contributed by atoms with Gasteiger partial charge in [0.05, 0.1) is 0 Å². The molecule has 5 heteroatoms. The van der Waals surface area contributed by atoms with Crippen molar-refractivity contribution in [2.45, 2.75) is 62.3 Å². The summed E-state index contributed by atoms with van der Waals surface area (Å²) < 4.78 is 0. The monoisotopic (exact) mass is 1050 g/mol. The third-order valence-electron chi connectivity index (χ3n) is 12.2. The molecule has 0 amide bonds. The number of hydrogen-bond donors (Lipinski definition) is 0. The van der Waals surface area contributed by atoms with E-state index in [0.29, 0.717) is 0 Å². The Morgan fingerprint density at radius 2 is 0.279 bits per heavy atom. The van der Waals surface area contributed by atoms with Crippen LogP contribution in [0.15, 0.2) is 218 Å². The van der Waals surface area contributed by atoms with E-state index >= 15 is 0 Å². The molecule has 0 atom stereocenters. The minimum atomic E-state index is -0.508. The van der Waals surface area contributed by atoms with Gasteiger partial charge in [-0.05, 0) is 184 Å². The molecular weight excluding hydrogens is 988 g/mol. The van der Waals surface area contributed by atoms with E-state index in [2.05, 4.69) is 290 Å². The van der Waals surface area contributed by atoms with Crippen molar-refractivity contribution in [2.75, 3.05) is 0 Å². The van der Waals surface area contributed by atoms with Gasteiger partial charge in [-0.15, -0.1) is 0 Å². The molecule has 0 bridgehead atoms. The van der Waals surface area contributed by atoms with Crippen LogP contribution in [0.3, 0.4) is 0 Å². The van der Waals surface area contributed by atoms with E-state index in [1.165, 1.54) is 97.8 Å². The van der Waals surface area contributed by atoms with Gasteiger partial charge in [-0.2, -0.15) is 0 Å². The number of rotatable bonds is 9. The molecule has 0 heterocycles. The van der Waals surface area contributed by atoms with Crippen molar-refractivity contribution in [1.29, 1.82) is 0 Å². The average Bonchev–Trinajstić information content (AvgIpc) is 3.35. The van der Waals surface area contributed by atoms with E-state index in [1.807, 2.05) is 17.3 Å². The molecule has 0 unspecified atom stereocenters. The molecule has 9 aromatic carbocycles. The Morgan fingerprint density at radius 1 is 0.191 bits per heavy atom. The van der Waals surface area contributed by atoms with Gasteiger partial charge in [0.15, 0.2) is 0 Å². The summed E-state index contributed by atoms with van der Waals surface area (Å²) in [5.41, 5.74) is 12.4. The fourth-order valence-electron chi connectivity index (χ4n) is 8.50. The molecule has 0 fully saturated rings. The number of aryl methyl sites for hydroxylation is 9. The Bertz CT molecular complexity index is 2380. The number of hydrogen-bond acceptors (Lipinski definition) is 0. The molecule has 346 valence electrons. The third kappa shape index (κ3) is 13.1. The van der Waals surface area contributed by atoms with Crippen LogP contribution in [0.5, 0.6) is 0 Å². The van der Waals surface area contributed by atoms with Crippen molar-refractivity contribution in [2.24, 2.45) is 0 Å². The first-order valence-corrected chi connectivity index (χ1v) is 29.2. The molecule has 0 saturated heterocycles. The summed E-state index contributed by atoms with van der Waals surface area (Å²) in [5, 5.41) is 13.1. The van der Waals surface area contributed by atoms with Crippen molar-refractivity contribution in [1.82, 2.24) is 0 Å². The predicted octanol–water partition coefficient (Wildman–Crippen LogP) is 13.8. The van der Waals surface area contributed by atoms with Gasteiger partial charge in [0.1, 0.15) is 0 Å². The maximum absolute atomic E-state index is 4.53. The summed E-state index contributed by atoms with van der Waals surface area (Å²) in [6, 6.07) is 79.2. The molecule has 0 saturated carbocycles. The second kappa shape index (κ2) is 26.2. The Balaban J connectivity index is 0.000000165. The van der Waals surface area contributed by atoms with Gasteiger partial charge >= 0.3 is 27.0 Å². The molecule has 0 aliphatic heterocycles. The van der Waals surface area contributed by atoms with Crippen LogP contribution in [0.2, 0.25) is 0 Å². The summed E-state index contributed by atoms with van der Waals surface area (Å²) in [4.78, 5) is 0. The molecule has 9 aromatic rings. The number of halogens is 1. The first-order chi connectivity index (χ1) is 33.0. The Morgan fingerprint density at radius 3 is 0.368 bits per heavy atom. The fourth-order valence-corrected chi connectivity index (χ4v) is 16.8. The van der Waals surface area contributed by atoms with Crippen LogP contribution in [0, 0.1) is 62.3 Å². The van der Waals surface area contributed by atoms with Crippen LogP contribution in [-0.2, 0) is 17.3 Å². The molecule has 9 rings (SSSR count). The van der Waals surface area contributed by atoms with Crippen LogP contribution in [0.4, 0.5) is 0 Å². The molecule has 68 heavy (non-hydrogen) atoms. The van der Waals surface area contributed by atoms with Gasteiger partial charge < -0.3 is 0 Å². The standard InChI is InChI=1S/3C21H21P.ClH.Rh/c3*1-16-10-4-7-13-19(16)22(20-14-8-5-11-17(20)2)21-15-9-6-12-18(21)3;;/h3*4-15H,1-3H3;1H;/q;;;;+1/p-1. The summed E-state index contributed by atoms with van der Waals surface area (Å²) in [5.74, 6) is 0. The Labute approximate surface area is 426 Å². The van der Waals surface area contributed by atoms with Crippen molar-refractivity contribution in [3.05, 3.63) is 268 Å². The molecule has 0 spiro atoms. The van der Waals surface area contributed by atoms with E-state index < -0.39 is 23.8 Å². The molecule has 0 aromatic heterocycles. The van der Waals surface area contributed by atoms with Gasteiger partial charge in [0.2, 0.25) is 0 Å². The van der Waals surface area contributed by atoms with Crippen molar-refractivity contribution in [3.63, 3.8) is 0 Å². The van der Waals surface area contributed by atoms with Crippen LogP contribution < -0.4 is 47.7 Å². The van der Waals surface area contributed by atoms with Crippen LogP contribution in [0.1, 0.15) is 50.1 Å². The van der Waals surface area contributed by atoms with Crippen LogP contribution >= 0.6 is 33.5 Å². The van der Waals surface area contributed by atoms with Gasteiger partial charge in [-0.25, -0.2) is 0 Å². The summed E-state index contributed by atoms with van der Waals surface area (Å²) in [6.45, 7) is 20.0. The Kier molecular flexibility index (Phi) is 20.3. The van der Waals surface area contributed by atoms with E-state index in [-0.39, 0.29) is 0 Å². The average molecular weight is 1050 g/mol. The minimum absolute atomic E-state index is 0.508. The molecular formula is C63H63ClP3Rh. The SMILES string of the molecule is Cc1ccccc1P(c1ccccc1C)c1ccccc1C.Cc1ccccc1P(c1ccccc1C)c1ccccc1C.Cc1ccccc1P(c1ccccc1C)c1ccccc1C.[Cl][Rh]. The second-order valence-corrected chi connectivity index (χ2v) is 23.4. The van der Waals surface area contributed by atoms with Gasteiger partial charge in [0.25, 0.3) is 0 Å². The molecule has 0 nitrogen and oxygen atoms in total. The predicted molar refractivity (Wildman–Crippen MR) is 304 cm³/mol. The second-order valence-electron chi connectivity index (χ2n) is 17.1. The number of benzene rings is 9. The van der Waals surface area contributed by atoms with E-state index in [0.717, 1.165) is 0 Å². The van der Waals surface area contributed by atoms with E-state index in [1.54, 1.807) is 0 Å². The zero-order valence-corrected chi connectivity index (χ0v) is 45.9. The van der Waals surface area contributed by atoms with Crippen molar-refractivity contribution >= 4 is 81.2 Å². The Hall–Kier alpha value is -4.82. The third-order valence-corrected chi connectivity index (χ3v) is 21.1. The van der Waals surface area contributed by atoms with E-state index in [4.69, 9.17) is 0 Å². The topological polar surface area (TPSA) is 0 Å². The van der Waals surface area contributed by atoms with Crippen LogP contribution in [-0.4, -0.2) is 0 Å². The summed E-state index contributed by atoms with van der Waals surface area (Å²) >= 11 is 2.02. The fraction of sp³-hybridized carbons (Fsp3) is 0.143. The molecule has 0 N–H and O–H groups in total. The molecule has 0 aliphatic rings. The molecule has 0 aliphatic carbocycles. The molecule has 0 radical (unpaired) electrons. The quantitative estimate of drug-likeness (QED) is 0.0998. The van der Waals surface area contributed by atoms with Crippen molar-refractivity contribution < 1.29 is 17.3 Å². The zero-order chi connectivity index (χ0) is 48.6. The van der Waals surface area contributed by atoms with E-state index in [9.17, 15) is 0 Å². The van der Waals surface area contributed by atoms with Gasteiger partial charge in [0, 0.05) is 0 Å².